The van der Waals surface area contributed by atoms with Crippen LogP contribution in [0.3, 0.4) is 0 Å². The van der Waals surface area contributed by atoms with E-state index in [0.29, 0.717) is 41.1 Å². The van der Waals surface area contributed by atoms with Crippen LogP contribution in [0, 0.1) is 5.92 Å². The molecule has 1 fully saturated rings. The van der Waals surface area contributed by atoms with Gasteiger partial charge in [0.15, 0.2) is 0 Å². The van der Waals surface area contributed by atoms with Gasteiger partial charge in [-0.15, -0.1) is 0 Å². The number of anilines is 1. The van der Waals surface area contributed by atoms with Crippen LogP contribution in [-0.2, 0) is 4.79 Å². The highest BCUT2D eigenvalue weighted by Gasteiger charge is 2.34. The van der Waals surface area contributed by atoms with Crippen LogP contribution >= 0.6 is 11.6 Å². The zero-order valence-corrected chi connectivity index (χ0v) is 19.5. The molecular weight excluding hydrogens is 458 g/mol. The first kappa shape index (κ1) is 23.5. The summed E-state index contributed by atoms with van der Waals surface area (Å²) in [6.45, 7) is 4.75. The highest BCUT2D eigenvalue weighted by Crippen LogP contribution is 2.36. The van der Waals surface area contributed by atoms with E-state index >= 15 is 0 Å². The number of rotatable bonds is 6. The molecule has 0 amide bonds. The largest absolute Gasteiger partial charge is 0.489 e. The number of nitrogens with zero attached hydrogens (tertiary/aromatic N) is 4. The summed E-state index contributed by atoms with van der Waals surface area (Å²) >= 11 is 6.36. The molecule has 0 aliphatic carbocycles. The van der Waals surface area contributed by atoms with Crippen molar-refractivity contribution in [3.05, 3.63) is 53.7 Å². The molecule has 9 nitrogen and oxygen atoms in total. The Morgan fingerprint density at radius 2 is 2.00 bits per heavy atom. The fourth-order valence-electron chi connectivity index (χ4n) is 3.88. The molecule has 1 aliphatic heterocycles. The fraction of sp³-hybridized carbons (Fsp3) is 0.250. The molecule has 0 unspecified atom stereocenters. The molecule has 10 heteroatoms. The van der Waals surface area contributed by atoms with Crippen molar-refractivity contribution in [1.82, 2.24) is 21.3 Å². The molecule has 1 saturated heterocycles. The van der Waals surface area contributed by atoms with Crippen molar-refractivity contribution in [2.75, 3.05) is 18.0 Å². The van der Waals surface area contributed by atoms with Crippen molar-refractivity contribution in [3.63, 3.8) is 0 Å². The van der Waals surface area contributed by atoms with Gasteiger partial charge in [0.2, 0.25) is 5.82 Å². The van der Waals surface area contributed by atoms with Gasteiger partial charge in [0, 0.05) is 35.8 Å². The number of aliphatic carboxylic acids is 1. The van der Waals surface area contributed by atoms with Crippen molar-refractivity contribution in [3.8, 4) is 28.6 Å². The third-order valence-corrected chi connectivity index (χ3v) is 5.82. The van der Waals surface area contributed by atoms with Gasteiger partial charge in [-0.2, -0.15) is 4.98 Å². The van der Waals surface area contributed by atoms with Crippen LogP contribution in [0.2, 0.25) is 5.02 Å². The lowest BCUT2D eigenvalue weighted by molar-refractivity contribution is -0.142. The first-order valence-corrected chi connectivity index (χ1v) is 10.9. The van der Waals surface area contributed by atoms with Crippen LogP contribution in [0.5, 0.6) is 5.75 Å². The lowest BCUT2D eigenvalue weighted by atomic mass is 9.98. The molecule has 0 bridgehead atoms. The SMILES string of the molecule is CC(C)Oc1ccc(-c2nc(-c3cccc4c(N5CC(C(=O)O)C5)nccc34)no2)cc1Cl.N. The number of hydrogen-bond donors (Lipinski definition) is 2. The van der Waals surface area contributed by atoms with Crippen molar-refractivity contribution in [1.29, 1.82) is 0 Å². The highest BCUT2D eigenvalue weighted by molar-refractivity contribution is 6.32. The first-order chi connectivity index (χ1) is 15.9. The molecule has 3 heterocycles. The zero-order valence-electron chi connectivity index (χ0n) is 18.7. The lowest BCUT2D eigenvalue weighted by Crippen LogP contribution is -2.50. The predicted molar refractivity (Wildman–Crippen MR) is 130 cm³/mol. The fourth-order valence-corrected chi connectivity index (χ4v) is 4.10. The minimum absolute atomic E-state index is 0. The number of benzene rings is 2. The lowest BCUT2D eigenvalue weighted by Gasteiger charge is -2.38. The number of fused-ring (bicyclic) bond motifs is 1. The minimum atomic E-state index is -0.782. The molecule has 2 aromatic carbocycles. The topological polar surface area (TPSA) is 137 Å². The van der Waals surface area contributed by atoms with Crippen molar-refractivity contribution < 1.29 is 19.2 Å². The van der Waals surface area contributed by atoms with Crippen molar-refractivity contribution in [2.45, 2.75) is 20.0 Å². The average molecular weight is 482 g/mol. The van der Waals surface area contributed by atoms with E-state index in [1.54, 1.807) is 18.3 Å². The maximum absolute atomic E-state index is 11.2. The Kier molecular flexibility index (Phi) is 6.41. The van der Waals surface area contributed by atoms with E-state index in [1.807, 2.05) is 49.1 Å². The van der Waals surface area contributed by atoms with E-state index in [1.165, 1.54) is 0 Å². The predicted octanol–water partition coefficient (Wildman–Crippen LogP) is 5.08. The van der Waals surface area contributed by atoms with Gasteiger partial charge >= 0.3 is 5.97 Å². The van der Waals surface area contributed by atoms with Gasteiger partial charge in [-0.3, -0.25) is 4.79 Å². The third kappa shape index (κ3) is 4.27. The first-order valence-electron chi connectivity index (χ1n) is 10.6. The van der Waals surface area contributed by atoms with Gasteiger partial charge in [0.25, 0.3) is 5.89 Å². The Hall–Kier alpha value is -3.69. The molecule has 4 N–H and O–H groups in total. The Bertz CT molecular complexity index is 1350. The maximum Gasteiger partial charge on any atom is 0.310 e. The second kappa shape index (κ2) is 9.28. The normalized spacial score (nSPS) is 13.6. The Morgan fingerprint density at radius 3 is 2.71 bits per heavy atom. The summed E-state index contributed by atoms with van der Waals surface area (Å²) in [5, 5.41) is 15.7. The van der Waals surface area contributed by atoms with Crippen LogP contribution in [0.4, 0.5) is 5.82 Å². The number of halogens is 1. The quantitative estimate of drug-likeness (QED) is 0.386. The van der Waals surface area contributed by atoms with E-state index in [4.69, 9.17) is 20.9 Å². The van der Waals surface area contributed by atoms with Gasteiger partial charge in [0.1, 0.15) is 11.6 Å². The summed E-state index contributed by atoms with van der Waals surface area (Å²) in [5.41, 5.74) is 1.49. The summed E-state index contributed by atoms with van der Waals surface area (Å²) < 4.78 is 11.2. The zero-order chi connectivity index (χ0) is 23.1. The summed E-state index contributed by atoms with van der Waals surface area (Å²) in [6, 6.07) is 13.0. The molecule has 0 radical (unpaired) electrons. The van der Waals surface area contributed by atoms with Gasteiger partial charge in [-0.25, -0.2) is 4.98 Å². The van der Waals surface area contributed by atoms with Gasteiger partial charge in [-0.1, -0.05) is 35.0 Å². The Balaban J connectivity index is 0.00000274. The number of aromatic nitrogens is 3. The molecule has 34 heavy (non-hydrogen) atoms. The van der Waals surface area contributed by atoms with E-state index in [2.05, 4.69) is 15.1 Å². The Morgan fingerprint density at radius 1 is 1.21 bits per heavy atom. The number of carbonyl (C=O) groups is 1. The average Bonchev–Trinajstić information content (AvgIpc) is 3.23. The molecule has 0 atom stereocenters. The second-order valence-electron chi connectivity index (χ2n) is 8.21. The van der Waals surface area contributed by atoms with Crippen LogP contribution in [-0.4, -0.2) is 45.4 Å². The summed E-state index contributed by atoms with van der Waals surface area (Å²) in [6.07, 6.45) is 1.73. The smallest absolute Gasteiger partial charge is 0.310 e. The molecule has 0 saturated carbocycles. The monoisotopic (exact) mass is 481 g/mol. The van der Waals surface area contributed by atoms with E-state index in [0.717, 1.165) is 22.2 Å². The van der Waals surface area contributed by atoms with E-state index < -0.39 is 5.97 Å². The van der Waals surface area contributed by atoms with Crippen LogP contribution in [0.25, 0.3) is 33.6 Å². The standard InChI is InChI=1S/C24H21ClN4O4.H3N/c1-13(2)32-20-7-6-14(10-19(20)25)23-27-21(28-33-23)17-4-3-5-18-16(17)8-9-26-22(18)29-11-15(12-29)24(30)31;/h3-10,13,15H,11-12H2,1-2H3,(H,30,31);1H3. The highest BCUT2D eigenvalue weighted by atomic mass is 35.5. The molecule has 4 aromatic rings. The number of ether oxygens (including phenoxy) is 1. The third-order valence-electron chi connectivity index (χ3n) is 5.52. The summed E-state index contributed by atoms with van der Waals surface area (Å²) in [7, 11) is 0. The number of hydrogen-bond acceptors (Lipinski definition) is 8. The van der Waals surface area contributed by atoms with Crippen molar-refractivity contribution >= 4 is 34.2 Å². The molecule has 1 aliphatic rings. The molecule has 0 spiro atoms. The number of carboxylic acid groups (broad SMARTS) is 1. The molecular formula is C24H24ClN5O4. The minimum Gasteiger partial charge on any atom is -0.489 e. The number of pyridine rings is 1. The number of carboxylic acids is 1. The van der Waals surface area contributed by atoms with E-state index in [9.17, 15) is 9.90 Å². The molecule has 176 valence electrons. The maximum atomic E-state index is 11.2. The van der Waals surface area contributed by atoms with Crippen LogP contribution in [0.1, 0.15) is 13.8 Å². The van der Waals surface area contributed by atoms with Crippen LogP contribution in [0.15, 0.2) is 53.2 Å². The Labute approximate surface area is 200 Å². The molecule has 5 rings (SSSR count). The van der Waals surface area contributed by atoms with Gasteiger partial charge < -0.3 is 25.4 Å². The van der Waals surface area contributed by atoms with Crippen molar-refractivity contribution in [2.24, 2.45) is 5.92 Å². The van der Waals surface area contributed by atoms with E-state index in [-0.39, 0.29) is 18.2 Å². The molecule has 2 aromatic heterocycles. The van der Waals surface area contributed by atoms with Gasteiger partial charge in [-0.05, 0) is 43.5 Å². The summed E-state index contributed by atoms with van der Waals surface area (Å²) in [4.78, 5) is 22.2. The van der Waals surface area contributed by atoms with Crippen LogP contribution < -0.4 is 15.8 Å². The second-order valence-corrected chi connectivity index (χ2v) is 8.62. The summed E-state index contributed by atoms with van der Waals surface area (Å²) in [5.74, 6) is 0.993. The van der Waals surface area contributed by atoms with Gasteiger partial charge in [0.05, 0.1) is 17.0 Å².